The minimum atomic E-state index is -3.78. The number of ether oxygens (including phenoxy) is 1. The average molecular weight is 281 g/mol. The topological polar surface area (TPSA) is 63.7 Å². The van der Waals surface area contributed by atoms with Gasteiger partial charge in [0.1, 0.15) is 0 Å². The summed E-state index contributed by atoms with van der Waals surface area (Å²) in [5.74, 6) is -0.626. The second-order valence-corrected chi connectivity index (χ2v) is 6.78. The number of rotatable bonds is 2. The van der Waals surface area contributed by atoms with Gasteiger partial charge in [-0.3, -0.25) is 4.79 Å². The average Bonchev–Trinajstić information content (AvgIpc) is 2.38. The predicted molar refractivity (Wildman–Crippen MR) is 67.7 cm³/mol. The Balaban J connectivity index is 1.93. The van der Waals surface area contributed by atoms with Gasteiger partial charge in [-0.05, 0) is 31.9 Å². The van der Waals surface area contributed by atoms with E-state index in [1.807, 2.05) is 6.92 Å². The molecular formula is C13H15NO4S. The fourth-order valence-electron chi connectivity index (χ4n) is 2.53. The summed E-state index contributed by atoms with van der Waals surface area (Å²) >= 11 is 0. The van der Waals surface area contributed by atoms with Crippen LogP contribution in [0.15, 0.2) is 29.2 Å². The first-order valence-electron chi connectivity index (χ1n) is 6.28. The van der Waals surface area contributed by atoms with E-state index < -0.39 is 16.3 Å². The van der Waals surface area contributed by atoms with Crippen molar-refractivity contribution in [1.82, 2.24) is 4.31 Å². The van der Waals surface area contributed by atoms with E-state index in [1.54, 1.807) is 12.1 Å². The van der Waals surface area contributed by atoms with E-state index in [2.05, 4.69) is 0 Å². The van der Waals surface area contributed by atoms with Gasteiger partial charge in [0.25, 0.3) is 10.0 Å². The smallest absolute Gasteiger partial charge is 0.268 e. The van der Waals surface area contributed by atoms with Crippen LogP contribution >= 0.6 is 0 Å². The number of amides is 1. The van der Waals surface area contributed by atoms with Crippen LogP contribution in [0.4, 0.5) is 0 Å². The van der Waals surface area contributed by atoms with Gasteiger partial charge in [-0.25, -0.2) is 12.7 Å². The number of hydrogen-bond donors (Lipinski definition) is 0. The monoisotopic (exact) mass is 281 g/mol. The van der Waals surface area contributed by atoms with Crippen LogP contribution < -0.4 is 0 Å². The maximum Gasteiger partial charge on any atom is 0.268 e. The van der Waals surface area contributed by atoms with Crippen molar-refractivity contribution in [3.8, 4) is 0 Å². The summed E-state index contributed by atoms with van der Waals surface area (Å²) in [6.07, 6.45) is 0.918. The van der Waals surface area contributed by atoms with Crippen molar-refractivity contribution < 1.29 is 17.9 Å². The third-order valence-corrected chi connectivity index (χ3v) is 5.41. The zero-order chi connectivity index (χ0) is 13.6. The van der Waals surface area contributed by atoms with E-state index >= 15 is 0 Å². The van der Waals surface area contributed by atoms with Crippen LogP contribution in [0, 0.1) is 12.8 Å². The Kier molecular flexibility index (Phi) is 2.87. The molecule has 6 heteroatoms. The molecule has 5 nitrogen and oxygen atoms in total. The van der Waals surface area contributed by atoms with Crippen molar-refractivity contribution in [2.45, 2.75) is 30.9 Å². The predicted octanol–water partition coefficient (Wildman–Crippen LogP) is 1.28. The van der Waals surface area contributed by atoms with E-state index in [0.29, 0.717) is 13.0 Å². The maximum absolute atomic E-state index is 12.4. The van der Waals surface area contributed by atoms with E-state index in [0.717, 1.165) is 16.3 Å². The molecule has 102 valence electrons. The highest BCUT2D eigenvalue weighted by atomic mass is 32.2. The second kappa shape index (κ2) is 4.31. The van der Waals surface area contributed by atoms with Crippen molar-refractivity contribution in [3.63, 3.8) is 0 Å². The number of β-lactam (4-membered cyclic amide) rings is 1. The molecule has 3 rings (SSSR count). The van der Waals surface area contributed by atoms with Crippen LogP contribution in [-0.4, -0.2) is 31.5 Å². The number of carbonyl (C=O) groups excluding carboxylic acids is 1. The van der Waals surface area contributed by atoms with E-state index in [4.69, 9.17) is 4.74 Å². The maximum atomic E-state index is 12.4. The van der Waals surface area contributed by atoms with Gasteiger partial charge in [0.15, 0.2) is 6.23 Å². The van der Waals surface area contributed by atoms with Gasteiger partial charge >= 0.3 is 0 Å². The van der Waals surface area contributed by atoms with Gasteiger partial charge in [0, 0.05) is 6.61 Å². The molecule has 19 heavy (non-hydrogen) atoms. The Hall–Kier alpha value is -1.40. The minimum Gasteiger partial charge on any atom is -0.356 e. The summed E-state index contributed by atoms with van der Waals surface area (Å²) in [6, 6.07) is 6.48. The zero-order valence-electron chi connectivity index (χ0n) is 10.6. The summed E-state index contributed by atoms with van der Waals surface area (Å²) in [5.41, 5.74) is 0.973. The largest absolute Gasteiger partial charge is 0.356 e. The molecule has 2 saturated heterocycles. The molecule has 1 aromatic rings. The standard InChI is InChI=1S/C13H15NO4S/c1-9-4-6-10(7-5-9)19(16,17)14-12(15)11-3-2-8-18-13(11)14/h4-7,11,13H,2-3,8H2,1H3. The first kappa shape index (κ1) is 12.6. The highest BCUT2D eigenvalue weighted by Crippen LogP contribution is 2.38. The highest BCUT2D eigenvalue weighted by Gasteiger charge is 2.55. The lowest BCUT2D eigenvalue weighted by Gasteiger charge is -2.47. The second-order valence-electron chi connectivity index (χ2n) is 4.96. The zero-order valence-corrected chi connectivity index (χ0v) is 11.4. The SMILES string of the molecule is Cc1ccc(S(=O)(=O)N2C(=O)C3CCCOC32)cc1. The van der Waals surface area contributed by atoms with Crippen LogP contribution in [0.5, 0.6) is 0 Å². The van der Waals surface area contributed by atoms with E-state index in [9.17, 15) is 13.2 Å². The molecule has 2 aliphatic rings. The van der Waals surface area contributed by atoms with Crippen molar-refractivity contribution in [1.29, 1.82) is 0 Å². The van der Waals surface area contributed by atoms with E-state index in [1.165, 1.54) is 12.1 Å². The normalized spacial score (nSPS) is 26.8. The van der Waals surface area contributed by atoms with Crippen molar-refractivity contribution in [3.05, 3.63) is 29.8 Å². The lowest BCUT2D eigenvalue weighted by atomic mass is 9.91. The van der Waals surface area contributed by atoms with Crippen LogP contribution in [-0.2, 0) is 19.6 Å². The molecule has 2 atom stereocenters. The quantitative estimate of drug-likeness (QED) is 0.766. The van der Waals surface area contributed by atoms with Gasteiger partial charge in [0.2, 0.25) is 5.91 Å². The fourth-order valence-corrected chi connectivity index (χ4v) is 4.09. The third-order valence-electron chi connectivity index (χ3n) is 3.64. The summed E-state index contributed by atoms with van der Waals surface area (Å²) < 4.78 is 31.1. The van der Waals surface area contributed by atoms with Gasteiger partial charge in [0.05, 0.1) is 10.8 Å². The van der Waals surface area contributed by atoms with Crippen LogP contribution in [0.2, 0.25) is 0 Å². The number of hydrogen-bond acceptors (Lipinski definition) is 4. The summed E-state index contributed by atoms with van der Waals surface area (Å²) in [5, 5.41) is 0. The molecule has 0 aliphatic carbocycles. The first-order chi connectivity index (χ1) is 9.01. The molecule has 0 aromatic heterocycles. The number of aryl methyl sites for hydroxylation is 1. The third kappa shape index (κ3) is 1.86. The van der Waals surface area contributed by atoms with E-state index in [-0.39, 0.29) is 16.7 Å². The van der Waals surface area contributed by atoms with Crippen LogP contribution in [0.1, 0.15) is 18.4 Å². The Morgan fingerprint density at radius 1 is 1.26 bits per heavy atom. The number of carbonyl (C=O) groups is 1. The van der Waals surface area contributed by atoms with Crippen LogP contribution in [0.3, 0.4) is 0 Å². The molecule has 0 saturated carbocycles. The molecule has 0 bridgehead atoms. The molecular weight excluding hydrogens is 266 g/mol. The van der Waals surface area contributed by atoms with Crippen molar-refractivity contribution >= 4 is 15.9 Å². The van der Waals surface area contributed by atoms with Gasteiger partial charge in [-0.2, -0.15) is 0 Å². The van der Waals surface area contributed by atoms with Crippen LogP contribution in [0.25, 0.3) is 0 Å². The number of sulfonamides is 1. The Morgan fingerprint density at radius 3 is 2.63 bits per heavy atom. The van der Waals surface area contributed by atoms with Gasteiger partial charge < -0.3 is 4.74 Å². The van der Waals surface area contributed by atoms with Gasteiger partial charge in [-0.1, -0.05) is 17.7 Å². The lowest BCUT2D eigenvalue weighted by Crippen LogP contribution is -2.65. The molecule has 0 spiro atoms. The molecule has 0 radical (unpaired) electrons. The van der Waals surface area contributed by atoms with Gasteiger partial charge in [-0.15, -0.1) is 0 Å². The molecule has 2 aliphatic heterocycles. The number of fused-ring (bicyclic) bond motifs is 1. The lowest BCUT2D eigenvalue weighted by molar-refractivity contribution is -0.185. The Labute approximate surface area is 112 Å². The van der Waals surface area contributed by atoms with Crippen molar-refractivity contribution in [2.24, 2.45) is 5.92 Å². The molecule has 2 heterocycles. The fraction of sp³-hybridized carbons (Fsp3) is 0.462. The van der Waals surface area contributed by atoms with Crippen molar-refractivity contribution in [2.75, 3.05) is 6.61 Å². The Morgan fingerprint density at radius 2 is 1.95 bits per heavy atom. The molecule has 2 fully saturated rings. The minimum absolute atomic E-state index is 0.138. The molecule has 0 N–H and O–H groups in total. The summed E-state index contributed by atoms with van der Waals surface area (Å²) in [6.45, 7) is 2.39. The Bertz CT molecular complexity index is 608. The number of nitrogens with zero attached hydrogens (tertiary/aromatic N) is 1. The first-order valence-corrected chi connectivity index (χ1v) is 7.72. The molecule has 2 unspecified atom stereocenters. The number of benzene rings is 1. The molecule has 1 aromatic carbocycles. The summed E-state index contributed by atoms with van der Waals surface area (Å²) in [4.78, 5) is 12.1. The highest BCUT2D eigenvalue weighted by molar-refractivity contribution is 7.89. The summed E-state index contributed by atoms with van der Waals surface area (Å²) in [7, 11) is -3.78. The molecule has 1 amide bonds.